The Bertz CT molecular complexity index is 195. The Morgan fingerprint density at radius 2 is 1.76 bits per heavy atom. The maximum Gasteiger partial charge on any atom is 0.0107 e. The Morgan fingerprint density at radius 3 is 2.41 bits per heavy atom. The van der Waals surface area contributed by atoms with Gasteiger partial charge in [0.1, 0.15) is 0 Å². The van der Waals surface area contributed by atoms with E-state index in [0.717, 1.165) is 11.8 Å². The van der Waals surface area contributed by atoms with E-state index in [9.17, 15) is 0 Å². The summed E-state index contributed by atoms with van der Waals surface area (Å²) in [6, 6.07) is 0. The van der Waals surface area contributed by atoms with Crippen LogP contribution in [0.4, 0.5) is 0 Å². The summed E-state index contributed by atoms with van der Waals surface area (Å²) in [4.78, 5) is 2.62. The third-order valence-electron chi connectivity index (χ3n) is 4.42. The minimum Gasteiger partial charge on any atom is -0.315 e. The van der Waals surface area contributed by atoms with Gasteiger partial charge in [-0.25, -0.2) is 0 Å². The third kappa shape index (κ3) is 5.39. The summed E-state index contributed by atoms with van der Waals surface area (Å²) < 4.78 is 0. The first-order chi connectivity index (χ1) is 8.38. The number of nitrogens with one attached hydrogen (secondary N) is 1. The lowest BCUT2D eigenvalue weighted by Gasteiger charge is -2.24. The van der Waals surface area contributed by atoms with Crippen LogP contribution in [0.25, 0.3) is 0 Å². The van der Waals surface area contributed by atoms with Crippen LogP contribution < -0.4 is 5.32 Å². The van der Waals surface area contributed by atoms with E-state index < -0.39 is 0 Å². The van der Waals surface area contributed by atoms with Crippen molar-refractivity contribution in [2.24, 2.45) is 11.8 Å². The quantitative estimate of drug-likeness (QED) is 0.654. The first kappa shape index (κ1) is 13.4. The van der Waals surface area contributed by atoms with Crippen molar-refractivity contribution in [3.05, 3.63) is 0 Å². The van der Waals surface area contributed by atoms with Crippen molar-refractivity contribution in [3.8, 4) is 0 Å². The standard InChI is InChI=1S/C15H30N2/c1-2-17(13-15-8-9-15)11-10-16-12-14-6-4-3-5-7-14/h14-16H,2-13H2,1H3. The van der Waals surface area contributed by atoms with Gasteiger partial charge < -0.3 is 10.2 Å². The van der Waals surface area contributed by atoms with Gasteiger partial charge in [-0.15, -0.1) is 0 Å². The van der Waals surface area contributed by atoms with Gasteiger partial charge >= 0.3 is 0 Å². The molecule has 0 atom stereocenters. The minimum absolute atomic E-state index is 0.974. The van der Waals surface area contributed by atoms with Gasteiger partial charge in [0.25, 0.3) is 0 Å². The molecular weight excluding hydrogens is 208 g/mol. The molecule has 2 rings (SSSR count). The number of rotatable bonds is 8. The third-order valence-corrected chi connectivity index (χ3v) is 4.42. The molecule has 0 bridgehead atoms. The van der Waals surface area contributed by atoms with Crippen LogP contribution in [0.5, 0.6) is 0 Å². The van der Waals surface area contributed by atoms with Gasteiger partial charge in [-0.05, 0) is 50.6 Å². The highest BCUT2D eigenvalue weighted by atomic mass is 15.1. The van der Waals surface area contributed by atoms with Crippen LogP contribution in [0.15, 0.2) is 0 Å². The van der Waals surface area contributed by atoms with Crippen LogP contribution in [0, 0.1) is 11.8 Å². The van der Waals surface area contributed by atoms with Crippen molar-refractivity contribution in [1.82, 2.24) is 10.2 Å². The predicted octanol–water partition coefficient (Wildman–Crippen LogP) is 2.89. The Balaban J connectivity index is 1.48. The fourth-order valence-corrected chi connectivity index (χ4v) is 2.98. The lowest BCUT2D eigenvalue weighted by atomic mass is 9.89. The second-order valence-corrected chi connectivity index (χ2v) is 6.04. The van der Waals surface area contributed by atoms with Gasteiger partial charge in [-0.1, -0.05) is 26.2 Å². The van der Waals surface area contributed by atoms with Gasteiger partial charge in [0.15, 0.2) is 0 Å². The molecule has 1 N–H and O–H groups in total. The van der Waals surface area contributed by atoms with E-state index in [4.69, 9.17) is 0 Å². The van der Waals surface area contributed by atoms with E-state index in [-0.39, 0.29) is 0 Å². The minimum atomic E-state index is 0.974. The Morgan fingerprint density at radius 1 is 1.00 bits per heavy atom. The van der Waals surface area contributed by atoms with Crippen molar-refractivity contribution in [2.45, 2.75) is 51.9 Å². The normalized spacial score (nSPS) is 22.2. The highest BCUT2D eigenvalue weighted by Gasteiger charge is 2.23. The summed E-state index contributed by atoms with van der Waals surface area (Å²) in [6.07, 6.45) is 10.3. The molecule has 2 aliphatic rings. The fraction of sp³-hybridized carbons (Fsp3) is 1.00. The summed E-state index contributed by atoms with van der Waals surface area (Å²) in [5.74, 6) is 2.01. The highest BCUT2D eigenvalue weighted by Crippen LogP contribution is 2.29. The first-order valence-electron chi connectivity index (χ1n) is 7.81. The number of nitrogens with zero attached hydrogens (tertiary/aromatic N) is 1. The number of hydrogen-bond acceptors (Lipinski definition) is 2. The van der Waals surface area contributed by atoms with E-state index in [1.165, 1.54) is 77.7 Å². The summed E-state index contributed by atoms with van der Waals surface area (Å²) >= 11 is 0. The van der Waals surface area contributed by atoms with Gasteiger partial charge in [0.05, 0.1) is 0 Å². The van der Waals surface area contributed by atoms with Crippen LogP contribution in [-0.2, 0) is 0 Å². The van der Waals surface area contributed by atoms with Crippen LogP contribution in [0.1, 0.15) is 51.9 Å². The van der Waals surface area contributed by atoms with E-state index in [1.54, 1.807) is 0 Å². The van der Waals surface area contributed by atoms with Crippen LogP contribution in [0.3, 0.4) is 0 Å². The summed E-state index contributed by atoms with van der Waals surface area (Å²) in [6.45, 7) is 8.57. The molecule has 0 unspecified atom stereocenters. The van der Waals surface area contributed by atoms with Gasteiger partial charge in [0.2, 0.25) is 0 Å². The summed E-state index contributed by atoms with van der Waals surface area (Å²) in [7, 11) is 0. The molecule has 0 aliphatic heterocycles. The topological polar surface area (TPSA) is 15.3 Å². The average molecular weight is 238 g/mol. The molecule has 0 aromatic heterocycles. The van der Waals surface area contributed by atoms with Crippen molar-refractivity contribution in [3.63, 3.8) is 0 Å². The molecule has 0 spiro atoms. The van der Waals surface area contributed by atoms with Gasteiger partial charge in [-0.3, -0.25) is 0 Å². The molecular formula is C15H30N2. The zero-order valence-electron chi connectivity index (χ0n) is 11.6. The molecule has 2 saturated carbocycles. The second-order valence-electron chi connectivity index (χ2n) is 6.04. The lowest BCUT2D eigenvalue weighted by Crippen LogP contribution is -2.35. The second kappa shape index (κ2) is 7.38. The average Bonchev–Trinajstić information content (AvgIpc) is 3.18. The zero-order chi connectivity index (χ0) is 11.9. The first-order valence-corrected chi connectivity index (χ1v) is 7.81. The van der Waals surface area contributed by atoms with Crippen molar-refractivity contribution < 1.29 is 0 Å². The molecule has 2 nitrogen and oxygen atoms in total. The van der Waals surface area contributed by atoms with Gasteiger partial charge in [0, 0.05) is 19.6 Å². The maximum absolute atomic E-state index is 3.67. The van der Waals surface area contributed by atoms with Gasteiger partial charge in [-0.2, -0.15) is 0 Å². The largest absolute Gasteiger partial charge is 0.315 e. The van der Waals surface area contributed by atoms with Crippen molar-refractivity contribution in [1.29, 1.82) is 0 Å². The molecule has 17 heavy (non-hydrogen) atoms. The number of likely N-dealkylation sites (N-methyl/N-ethyl adjacent to an activating group) is 1. The van der Waals surface area contributed by atoms with E-state index in [1.807, 2.05) is 0 Å². The maximum atomic E-state index is 3.67. The molecule has 2 aliphatic carbocycles. The molecule has 0 heterocycles. The van der Waals surface area contributed by atoms with E-state index in [2.05, 4.69) is 17.1 Å². The monoisotopic (exact) mass is 238 g/mol. The molecule has 100 valence electrons. The predicted molar refractivity (Wildman–Crippen MR) is 74.3 cm³/mol. The van der Waals surface area contributed by atoms with Crippen LogP contribution in [0.2, 0.25) is 0 Å². The summed E-state index contributed by atoms with van der Waals surface area (Å²) in [5, 5.41) is 3.67. The Kier molecular flexibility index (Phi) is 5.79. The molecule has 0 aromatic carbocycles. The molecule has 0 aromatic rings. The van der Waals surface area contributed by atoms with Crippen molar-refractivity contribution in [2.75, 3.05) is 32.7 Å². The van der Waals surface area contributed by atoms with Crippen LogP contribution >= 0.6 is 0 Å². The summed E-state index contributed by atoms with van der Waals surface area (Å²) in [5.41, 5.74) is 0. The van der Waals surface area contributed by atoms with E-state index in [0.29, 0.717) is 0 Å². The van der Waals surface area contributed by atoms with Crippen molar-refractivity contribution >= 4 is 0 Å². The molecule has 2 heteroatoms. The molecule has 2 fully saturated rings. The van der Waals surface area contributed by atoms with Crippen LogP contribution in [-0.4, -0.2) is 37.6 Å². The van der Waals surface area contributed by atoms with E-state index >= 15 is 0 Å². The Labute approximate surface area is 107 Å². The molecule has 0 amide bonds. The fourth-order valence-electron chi connectivity index (χ4n) is 2.98. The molecule has 0 radical (unpaired) electrons. The highest BCUT2D eigenvalue weighted by molar-refractivity contribution is 4.77. The molecule has 0 saturated heterocycles. The smallest absolute Gasteiger partial charge is 0.0107 e. The Hall–Kier alpha value is -0.0800. The lowest BCUT2D eigenvalue weighted by molar-refractivity contribution is 0.268. The zero-order valence-corrected chi connectivity index (χ0v) is 11.6. The number of hydrogen-bond donors (Lipinski definition) is 1. The SMILES string of the molecule is CCN(CCNCC1CCCCC1)CC1CC1.